The lowest BCUT2D eigenvalue weighted by molar-refractivity contribution is 0.175. The van der Waals surface area contributed by atoms with Gasteiger partial charge in [-0.3, -0.25) is 9.45 Å². The van der Waals surface area contributed by atoms with Crippen LogP contribution in [0.3, 0.4) is 0 Å². The van der Waals surface area contributed by atoms with Gasteiger partial charge in [0.25, 0.3) is 10.1 Å². The van der Waals surface area contributed by atoms with Crippen molar-refractivity contribution < 1.29 is 13.0 Å². The Morgan fingerprint density at radius 3 is 2.15 bits per heavy atom. The first-order valence-electron chi connectivity index (χ1n) is 4.42. The Balaban J connectivity index is 2.66. The lowest BCUT2D eigenvalue weighted by atomic mass is 10.1. The zero-order chi connectivity index (χ0) is 10.3. The summed E-state index contributed by atoms with van der Waals surface area (Å²) in [4.78, 5) is 2.07. The van der Waals surface area contributed by atoms with E-state index in [1.807, 2.05) is 20.8 Å². The van der Waals surface area contributed by atoms with Crippen LogP contribution in [0.1, 0.15) is 27.2 Å². The summed E-state index contributed by atoms with van der Waals surface area (Å²) in [5.41, 5.74) is -0.0144. The zero-order valence-electron chi connectivity index (χ0n) is 8.32. The van der Waals surface area contributed by atoms with Gasteiger partial charge in [0.15, 0.2) is 0 Å². The molecule has 1 saturated heterocycles. The van der Waals surface area contributed by atoms with E-state index in [4.69, 9.17) is 4.55 Å². The Morgan fingerprint density at radius 1 is 1.38 bits per heavy atom. The predicted octanol–water partition coefficient (Wildman–Crippen LogP) is 0.747. The van der Waals surface area contributed by atoms with Crippen molar-refractivity contribution in [2.75, 3.05) is 13.1 Å². The topological polar surface area (TPSA) is 57.6 Å². The second kappa shape index (κ2) is 3.22. The maximum Gasteiger partial charge on any atom is 0.269 e. The van der Waals surface area contributed by atoms with Gasteiger partial charge in [0.1, 0.15) is 5.25 Å². The lowest BCUT2D eigenvalue weighted by Gasteiger charge is -2.31. The zero-order valence-corrected chi connectivity index (χ0v) is 9.13. The molecule has 0 aromatic carbocycles. The molecule has 1 rings (SSSR count). The minimum absolute atomic E-state index is 0.0144. The second-order valence-corrected chi connectivity index (χ2v) is 6.24. The summed E-state index contributed by atoms with van der Waals surface area (Å²) < 4.78 is 30.5. The SMILES string of the molecule is CC(C)(C)N1CCC(S(=O)(=O)O)C1. The highest BCUT2D eigenvalue weighted by atomic mass is 32.2. The van der Waals surface area contributed by atoms with Crippen LogP contribution in [0.5, 0.6) is 0 Å². The third-order valence-electron chi connectivity index (χ3n) is 2.51. The summed E-state index contributed by atoms with van der Waals surface area (Å²) >= 11 is 0. The molecule has 0 aromatic rings. The van der Waals surface area contributed by atoms with Crippen molar-refractivity contribution in [2.45, 2.75) is 38.0 Å². The molecule has 1 fully saturated rings. The molecule has 0 saturated carbocycles. The van der Waals surface area contributed by atoms with E-state index in [0.717, 1.165) is 6.54 Å². The van der Waals surface area contributed by atoms with Gasteiger partial charge in [0.05, 0.1) is 0 Å². The van der Waals surface area contributed by atoms with Gasteiger partial charge in [-0.25, -0.2) is 0 Å². The van der Waals surface area contributed by atoms with Crippen molar-refractivity contribution in [3.05, 3.63) is 0 Å². The Kier molecular flexibility index (Phi) is 2.71. The molecule has 1 N–H and O–H groups in total. The third-order valence-corrected chi connectivity index (χ3v) is 3.74. The molecule has 0 bridgehead atoms. The molecular weight excluding hydrogens is 190 g/mol. The molecule has 0 aliphatic carbocycles. The van der Waals surface area contributed by atoms with Gasteiger partial charge < -0.3 is 0 Å². The molecule has 1 aliphatic rings. The summed E-state index contributed by atoms with van der Waals surface area (Å²) in [6.45, 7) is 7.31. The van der Waals surface area contributed by atoms with Gasteiger partial charge in [-0.05, 0) is 27.2 Å². The highest BCUT2D eigenvalue weighted by molar-refractivity contribution is 7.86. The molecule has 78 valence electrons. The Labute approximate surface area is 79.7 Å². The minimum atomic E-state index is -3.84. The van der Waals surface area contributed by atoms with Gasteiger partial charge in [0, 0.05) is 18.6 Å². The van der Waals surface area contributed by atoms with Crippen LogP contribution in [0.2, 0.25) is 0 Å². The molecule has 0 spiro atoms. The first-order chi connectivity index (χ1) is 5.71. The average molecular weight is 207 g/mol. The summed E-state index contributed by atoms with van der Waals surface area (Å²) in [5.74, 6) is 0. The molecule has 0 aromatic heterocycles. The monoisotopic (exact) mass is 207 g/mol. The quantitative estimate of drug-likeness (QED) is 0.645. The van der Waals surface area contributed by atoms with Crippen LogP contribution < -0.4 is 0 Å². The molecule has 13 heavy (non-hydrogen) atoms. The Bertz CT molecular complexity index is 278. The van der Waals surface area contributed by atoms with E-state index in [1.165, 1.54) is 0 Å². The number of hydrogen-bond donors (Lipinski definition) is 1. The molecule has 0 amide bonds. The van der Waals surface area contributed by atoms with Crippen LogP contribution in [0.4, 0.5) is 0 Å². The van der Waals surface area contributed by atoms with Crippen LogP contribution in [0.15, 0.2) is 0 Å². The summed E-state index contributed by atoms with van der Waals surface area (Å²) in [7, 11) is -3.84. The number of likely N-dealkylation sites (tertiary alicyclic amines) is 1. The molecule has 1 aliphatic heterocycles. The van der Waals surface area contributed by atoms with Gasteiger partial charge >= 0.3 is 0 Å². The molecule has 0 radical (unpaired) electrons. The van der Waals surface area contributed by atoms with Crippen LogP contribution in [-0.4, -0.2) is 41.7 Å². The maximum atomic E-state index is 10.8. The average Bonchev–Trinajstić information content (AvgIpc) is 2.28. The van der Waals surface area contributed by atoms with E-state index in [9.17, 15) is 8.42 Å². The summed E-state index contributed by atoms with van der Waals surface area (Å²) in [6, 6.07) is 0. The third kappa shape index (κ3) is 2.65. The van der Waals surface area contributed by atoms with Crippen LogP contribution >= 0.6 is 0 Å². The molecule has 4 nitrogen and oxygen atoms in total. The smallest absolute Gasteiger partial charge is 0.269 e. The molecule has 5 heteroatoms. The Hall–Kier alpha value is -0.130. The molecule has 1 unspecified atom stereocenters. The summed E-state index contributed by atoms with van der Waals surface area (Å²) in [6.07, 6.45) is 0.538. The standard InChI is InChI=1S/C8H17NO3S/c1-8(2,3)9-5-4-7(6-9)13(10,11)12/h7H,4-6H2,1-3H3,(H,10,11,12). The largest absolute Gasteiger partial charge is 0.297 e. The van der Waals surface area contributed by atoms with Gasteiger partial charge in [0.2, 0.25) is 0 Å². The molecular formula is C8H17NO3S. The van der Waals surface area contributed by atoms with E-state index < -0.39 is 15.4 Å². The molecule has 1 heterocycles. The number of hydrogen-bond acceptors (Lipinski definition) is 3. The minimum Gasteiger partial charge on any atom is -0.297 e. The Morgan fingerprint density at radius 2 is 1.92 bits per heavy atom. The predicted molar refractivity (Wildman–Crippen MR) is 51.3 cm³/mol. The lowest BCUT2D eigenvalue weighted by Crippen LogP contribution is -2.40. The number of rotatable bonds is 1. The summed E-state index contributed by atoms with van der Waals surface area (Å²) in [5, 5.41) is -0.591. The molecule has 1 atom stereocenters. The van der Waals surface area contributed by atoms with E-state index in [-0.39, 0.29) is 5.54 Å². The number of nitrogens with zero attached hydrogens (tertiary/aromatic N) is 1. The van der Waals surface area contributed by atoms with Crippen LogP contribution in [0, 0.1) is 0 Å². The van der Waals surface area contributed by atoms with Crippen molar-refractivity contribution >= 4 is 10.1 Å². The highest BCUT2D eigenvalue weighted by Crippen LogP contribution is 2.23. The van der Waals surface area contributed by atoms with E-state index in [2.05, 4.69) is 4.90 Å². The maximum absolute atomic E-state index is 10.8. The van der Waals surface area contributed by atoms with Crippen molar-refractivity contribution in [2.24, 2.45) is 0 Å². The van der Waals surface area contributed by atoms with Gasteiger partial charge in [-0.2, -0.15) is 8.42 Å². The highest BCUT2D eigenvalue weighted by Gasteiger charge is 2.36. The fraction of sp³-hybridized carbons (Fsp3) is 1.00. The van der Waals surface area contributed by atoms with Crippen molar-refractivity contribution in [1.29, 1.82) is 0 Å². The van der Waals surface area contributed by atoms with Crippen molar-refractivity contribution in [3.8, 4) is 0 Å². The fourth-order valence-corrected chi connectivity index (χ4v) is 2.35. The second-order valence-electron chi connectivity index (χ2n) is 4.54. The first kappa shape index (κ1) is 10.9. The fourth-order valence-electron chi connectivity index (χ4n) is 1.58. The van der Waals surface area contributed by atoms with Crippen molar-refractivity contribution in [3.63, 3.8) is 0 Å². The first-order valence-corrected chi connectivity index (χ1v) is 5.93. The van der Waals surface area contributed by atoms with Crippen molar-refractivity contribution in [1.82, 2.24) is 4.90 Å². The van der Waals surface area contributed by atoms with Gasteiger partial charge in [-0.15, -0.1) is 0 Å². The van der Waals surface area contributed by atoms with E-state index in [0.29, 0.717) is 13.0 Å². The van der Waals surface area contributed by atoms with E-state index >= 15 is 0 Å². The van der Waals surface area contributed by atoms with Gasteiger partial charge in [-0.1, -0.05) is 0 Å². The van der Waals surface area contributed by atoms with Crippen LogP contribution in [-0.2, 0) is 10.1 Å². The normalized spacial score (nSPS) is 26.6. The van der Waals surface area contributed by atoms with Crippen LogP contribution in [0.25, 0.3) is 0 Å². The van der Waals surface area contributed by atoms with E-state index in [1.54, 1.807) is 0 Å².